The normalized spacial score (nSPS) is 12.9. The maximum Gasteiger partial charge on any atom is 0.0796 e. The molecule has 0 heterocycles. The summed E-state index contributed by atoms with van der Waals surface area (Å²) in [4.78, 5) is 0. The highest BCUT2D eigenvalue weighted by Gasteiger charge is 2.03. The molecule has 0 saturated heterocycles. The highest BCUT2D eigenvalue weighted by Crippen LogP contribution is 2.15. The number of hydrogen-bond donors (Lipinski definition) is 1. The second-order valence-electron chi connectivity index (χ2n) is 5.23. The van der Waals surface area contributed by atoms with Crippen LogP contribution in [0, 0.1) is 5.92 Å². The third-order valence-electron chi connectivity index (χ3n) is 2.94. The number of nitrogens with one attached hydrogen (secondary N) is 1. The summed E-state index contributed by atoms with van der Waals surface area (Å²) >= 11 is 0. The largest absolute Gasteiger partial charge is 0.374 e. The first-order valence-corrected chi connectivity index (χ1v) is 7.07. The van der Waals surface area contributed by atoms with Gasteiger partial charge < -0.3 is 10.1 Å². The first-order chi connectivity index (χ1) is 8.70. The van der Waals surface area contributed by atoms with Crippen LogP contribution in [-0.2, 0) is 4.74 Å². The SMILES string of the molecule is CC(C)CNCCCCOC(C)c1ccccc1. The van der Waals surface area contributed by atoms with Gasteiger partial charge in [-0.1, -0.05) is 44.2 Å². The van der Waals surface area contributed by atoms with Gasteiger partial charge in [-0.05, 0) is 44.3 Å². The molecule has 0 saturated carbocycles. The van der Waals surface area contributed by atoms with E-state index in [1.54, 1.807) is 0 Å². The summed E-state index contributed by atoms with van der Waals surface area (Å²) in [7, 11) is 0. The molecule has 1 aromatic carbocycles. The summed E-state index contributed by atoms with van der Waals surface area (Å²) in [5, 5.41) is 3.45. The van der Waals surface area contributed by atoms with Crippen molar-refractivity contribution in [3.8, 4) is 0 Å². The van der Waals surface area contributed by atoms with E-state index in [1.807, 2.05) is 6.07 Å². The van der Waals surface area contributed by atoms with E-state index in [4.69, 9.17) is 4.74 Å². The molecule has 0 radical (unpaired) electrons. The second kappa shape index (κ2) is 9.12. The van der Waals surface area contributed by atoms with Crippen molar-refractivity contribution >= 4 is 0 Å². The van der Waals surface area contributed by atoms with Crippen molar-refractivity contribution in [3.05, 3.63) is 35.9 Å². The molecule has 0 aliphatic rings. The van der Waals surface area contributed by atoms with E-state index in [0.717, 1.165) is 32.0 Å². The average molecular weight is 249 g/mol. The van der Waals surface area contributed by atoms with Crippen LogP contribution in [0.25, 0.3) is 0 Å². The highest BCUT2D eigenvalue weighted by atomic mass is 16.5. The summed E-state index contributed by atoms with van der Waals surface area (Å²) in [5.74, 6) is 0.736. The van der Waals surface area contributed by atoms with Crippen molar-refractivity contribution in [2.24, 2.45) is 5.92 Å². The summed E-state index contributed by atoms with van der Waals surface area (Å²) in [6, 6.07) is 10.4. The number of rotatable bonds is 9. The molecule has 2 heteroatoms. The summed E-state index contributed by atoms with van der Waals surface area (Å²) < 4.78 is 5.83. The van der Waals surface area contributed by atoms with Crippen LogP contribution in [0.2, 0.25) is 0 Å². The van der Waals surface area contributed by atoms with Crippen molar-refractivity contribution in [1.82, 2.24) is 5.32 Å². The van der Waals surface area contributed by atoms with E-state index < -0.39 is 0 Å². The molecule has 2 nitrogen and oxygen atoms in total. The van der Waals surface area contributed by atoms with Gasteiger partial charge in [-0.25, -0.2) is 0 Å². The van der Waals surface area contributed by atoms with Crippen LogP contribution < -0.4 is 5.32 Å². The molecule has 0 spiro atoms. The van der Waals surface area contributed by atoms with Crippen LogP contribution in [0.3, 0.4) is 0 Å². The van der Waals surface area contributed by atoms with Gasteiger partial charge in [0.05, 0.1) is 6.10 Å². The lowest BCUT2D eigenvalue weighted by molar-refractivity contribution is 0.0631. The molecule has 0 bridgehead atoms. The fourth-order valence-corrected chi connectivity index (χ4v) is 1.82. The Kier molecular flexibility index (Phi) is 7.70. The smallest absolute Gasteiger partial charge is 0.0796 e. The molecule has 0 amide bonds. The standard InChI is InChI=1S/C16H27NO/c1-14(2)13-17-11-7-8-12-18-15(3)16-9-5-4-6-10-16/h4-6,9-10,14-15,17H,7-8,11-13H2,1-3H3. The number of hydrogen-bond acceptors (Lipinski definition) is 2. The van der Waals surface area contributed by atoms with Crippen LogP contribution in [0.1, 0.15) is 45.3 Å². The second-order valence-corrected chi connectivity index (χ2v) is 5.23. The Morgan fingerprint density at radius 1 is 1.06 bits per heavy atom. The van der Waals surface area contributed by atoms with Crippen LogP contribution in [-0.4, -0.2) is 19.7 Å². The molecule has 18 heavy (non-hydrogen) atoms. The molecule has 1 aromatic rings. The number of benzene rings is 1. The third-order valence-corrected chi connectivity index (χ3v) is 2.94. The van der Waals surface area contributed by atoms with Gasteiger partial charge >= 0.3 is 0 Å². The fourth-order valence-electron chi connectivity index (χ4n) is 1.82. The number of unbranched alkanes of at least 4 members (excludes halogenated alkanes) is 1. The van der Waals surface area contributed by atoms with E-state index in [0.29, 0.717) is 0 Å². The van der Waals surface area contributed by atoms with Gasteiger partial charge in [-0.3, -0.25) is 0 Å². The van der Waals surface area contributed by atoms with Gasteiger partial charge in [0, 0.05) is 6.61 Å². The van der Waals surface area contributed by atoms with Crippen molar-refractivity contribution in [2.45, 2.75) is 39.7 Å². The Labute approximate surface area is 112 Å². The Hall–Kier alpha value is -0.860. The van der Waals surface area contributed by atoms with Gasteiger partial charge in [-0.2, -0.15) is 0 Å². The maximum absolute atomic E-state index is 5.83. The van der Waals surface area contributed by atoms with Crippen LogP contribution in [0.15, 0.2) is 30.3 Å². The van der Waals surface area contributed by atoms with Gasteiger partial charge in [0.15, 0.2) is 0 Å². The van der Waals surface area contributed by atoms with Crippen molar-refractivity contribution in [1.29, 1.82) is 0 Å². The first-order valence-electron chi connectivity index (χ1n) is 7.07. The van der Waals surface area contributed by atoms with Crippen LogP contribution in [0.5, 0.6) is 0 Å². The molecule has 1 N–H and O–H groups in total. The zero-order valence-corrected chi connectivity index (χ0v) is 12.0. The molecular formula is C16H27NO. The molecule has 0 aliphatic carbocycles. The Morgan fingerprint density at radius 3 is 2.44 bits per heavy atom. The first kappa shape index (κ1) is 15.2. The number of ether oxygens (including phenoxy) is 1. The van der Waals surface area contributed by atoms with Gasteiger partial charge in [0.2, 0.25) is 0 Å². The van der Waals surface area contributed by atoms with E-state index in [2.05, 4.69) is 50.4 Å². The van der Waals surface area contributed by atoms with Crippen molar-refractivity contribution < 1.29 is 4.74 Å². The summed E-state index contributed by atoms with van der Waals surface area (Å²) in [5.41, 5.74) is 1.26. The quantitative estimate of drug-likeness (QED) is 0.672. The van der Waals surface area contributed by atoms with Crippen LogP contribution in [0.4, 0.5) is 0 Å². The molecule has 1 atom stereocenters. The van der Waals surface area contributed by atoms with E-state index in [-0.39, 0.29) is 6.10 Å². The Bertz CT molecular complexity index is 297. The fraction of sp³-hybridized carbons (Fsp3) is 0.625. The Balaban J connectivity index is 2.01. The van der Waals surface area contributed by atoms with Crippen molar-refractivity contribution in [2.75, 3.05) is 19.7 Å². The summed E-state index contributed by atoms with van der Waals surface area (Å²) in [6.45, 7) is 9.64. The van der Waals surface area contributed by atoms with E-state index in [1.165, 1.54) is 12.0 Å². The molecule has 1 rings (SSSR count). The summed E-state index contributed by atoms with van der Waals surface area (Å²) in [6.07, 6.45) is 2.52. The minimum absolute atomic E-state index is 0.204. The molecule has 102 valence electrons. The lowest BCUT2D eigenvalue weighted by atomic mass is 10.1. The Morgan fingerprint density at radius 2 is 1.78 bits per heavy atom. The highest BCUT2D eigenvalue weighted by molar-refractivity contribution is 5.16. The van der Waals surface area contributed by atoms with Crippen LogP contribution >= 0.6 is 0 Å². The van der Waals surface area contributed by atoms with Gasteiger partial charge in [0.25, 0.3) is 0 Å². The van der Waals surface area contributed by atoms with Gasteiger partial charge in [0.1, 0.15) is 0 Å². The lowest BCUT2D eigenvalue weighted by Crippen LogP contribution is -2.20. The third kappa shape index (κ3) is 6.77. The maximum atomic E-state index is 5.83. The van der Waals surface area contributed by atoms with E-state index in [9.17, 15) is 0 Å². The minimum atomic E-state index is 0.204. The monoisotopic (exact) mass is 249 g/mol. The molecule has 0 aliphatic heterocycles. The predicted molar refractivity (Wildman–Crippen MR) is 77.8 cm³/mol. The zero-order valence-electron chi connectivity index (χ0n) is 12.0. The van der Waals surface area contributed by atoms with Crippen molar-refractivity contribution in [3.63, 3.8) is 0 Å². The molecular weight excluding hydrogens is 222 g/mol. The molecule has 1 unspecified atom stereocenters. The zero-order chi connectivity index (χ0) is 13.2. The lowest BCUT2D eigenvalue weighted by Gasteiger charge is -2.13. The average Bonchev–Trinajstić information content (AvgIpc) is 2.38. The minimum Gasteiger partial charge on any atom is -0.374 e. The van der Waals surface area contributed by atoms with E-state index >= 15 is 0 Å². The topological polar surface area (TPSA) is 21.3 Å². The molecule has 0 aromatic heterocycles. The predicted octanol–water partition coefficient (Wildman–Crippen LogP) is 3.79. The molecule has 0 fully saturated rings. The van der Waals surface area contributed by atoms with Gasteiger partial charge in [-0.15, -0.1) is 0 Å².